The maximum Gasteiger partial charge on any atom is 0.194 e. The molecule has 4 nitrogen and oxygen atoms in total. The van der Waals surface area contributed by atoms with Crippen LogP contribution in [0.15, 0.2) is 49.1 Å². The lowest BCUT2D eigenvalue weighted by molar-refractivity contribution is -0.280. The van der Waals surface area contributed by atoms with Crippen molar-refractivity contribution in [3.63, 3.8) is 0 Å². The Morgan fingerprint density at radius 2 is 1.95 bits per heavy atom. The number of hydrogen-bond donors (Lipinski definition) is 0. The van der Waals surface area contributed by atoms with Gasteiger partial charge in [-0.05, 0) is 12.8 Å². The standard InChI is InChI=1S/C16H20N2O2/c1-2-6-15(7-3-1)16(19-12-5-13-20-16)8-4-10-18-11-9-17-14-18/h1-3,6-7,9,11,14H,4-5,8,10,12-13H2. The van der Waals surface area contributed by atoms with Gasteiger partial charge in [0.15, 0.2) is 5.79 Å². The molecule has 20 heavy (non-hydrogen) atoms. The third-order valence-electron chi connectivity index (χ3n) is 3.65. The summed E-state index contributed by atoms with van der Waals surface area (Å²) in [5.74, 6) is -0.569. The molecule has 0 N–H and O–H groups in total. The van der Waals surface area contributed by atoms with E-state index in [0.717, 1.165) is 44.6 Å². The fourth-order valence-corrected chi connectivity index (χ4v) is 2.64. The summed E-state index contributed by atoms with van der Waals surface area (Å²) in [4.78, 5) is 4.06. The molecular weight excluding hydrogens is 252 g/mol. The number of hydrogen-bond acceptors (Lipinski definition) is 3. The average Bonchev–Trinajstić information content (AvgIpc) is 3.02. The maximum absolute atomic E-state index is 6.02. The lowest BCUT2D eigenvalue weighted by Gasteiger charge is -2.37. The molecule has 0 spiro atoms. The second-order valence-corrected chi connectivity index (χ2v) is 5.07. The first-order valence-electron chi connectivity index (χ1n) is 7.18. The molecule has 1 aromatic heterocycles. The highest BCUT2D eigenvalue weighted by Gasteiger charge is 2.35. The van der Waals surface area contributed by atoms with Gasteiger partial charge in [0.25, 0.3) is 0 Å². The van der Waals surface area contributed by atoms with Gasteiger partial charge in [0.05, 0.1) is 19.5 Å². The molecule has 0 bridgehead atoms. The maximum atomic E-state index is 6.02. The molecule has 1 aliphatic rings. The fraction of sp³-hybridized carbons (Fsp3) is 0.438. The Kier molecular flexibility index (Phi) is 4.14. The first-order chi connectivity index (χ1) is 9.89. The minimum Gasteiger partial charge on any atom is -0.346 e. The zero-order chi connectivity index (χ0) is 13.7. The van der Waals surface area contributed by atoms with Crippen LogP contribution in [0, 0.1) is 0 Å². The SMILES string of the molecule is c1ccc(C2(CCCn3ccnc3)OCCCO2)cc1. The molecule has 1 fully saturated rings. The van der Waals surface area contributed by atoms with E-state index in [4.69, 9.17) is 9.47 Å². The van der Waals surface area contributed by atoms with E-state index >= 15 is 0 Å². The van der Waals surface area contributed by atoms with E-state index in [-0.39, 0.29) is 0 Å². The van der Waals surface area contributed by atoms with E-state index in [9.17, 15) is 0 Å². The van der Waals surface area contributed by atoms with Crippen molar-refractivity contribution in [2.24, 2.45) is 0 Å². The molecule has 1 aliphatic heterocycles. The zero-order valence-corrected chi connectivity index (χ0v) is 11.6. The van der Waals surface area contributed by atoms with E-state index < -0.39 is 5.79 Å². The van der Waals surface area contributed by atoms with Gasteiger partial charge in [0.1, 0.15) is 0 Å². The molecule has 2 aromatic rings. The van der Waals surface area contributed by atoms with E-state index in [1.807, 2.05) is 30.7 Å². The third kappa shape index (κ3) is 2.92. The van der Waals surface area contributed by atoms with Gasteiger partial charge in [-0.25, -0.2) is 4.98 Å². The molecule has 0 atom stereocenters. The van der Waals surface area contributed by atoms with Gasteiger partial charge < -0.3 is 14.0 Å². The summed E-state index contributed by atoms with van der Waals surface area (Å²) in [5.41, 5.74) is 1.12. The Bertz CT molecular complexity index is 505. The average molecular weight is 272 g/mol. The van der Waals surface area contributed by atoms with Crippen LogP contribution in [-0.2, 0) is 21.8 Å². The number of aryl methyl sites for hydroxylation is 1. The third-order valence-corrected chi connectivity index (χ3v) is 3.65. The predicted octanol–water partition coefficient (Wildman–Crippen LogP) is 2.95. The second kappa shape index (κ2) is 6.20. The normalized spacial score (nSPS) is 18.0. The van der Waals surface area contributed by atoms with Gasteiger partial charge in [0.2, 0.25) is 0 Å². The van der Waals surface area contributed by atoms with Crippen molar-refractivity contribution < 1.29 is 9.47 Å². The zero-order valence-electron chi connectivity index (χ0n) is 11.6. The highest BCUT2D eigenvalue weighted by molar-refractivity contribution is 5.20. The summed E-state index contributed by atoms with van der Waals surface area (Å²) < 4.78 is 14.1. The minimum absolute atomic E-state index is 0.569. The van der Waals surface area contributed by atoms with Crippen LogP contribution in [0.2, 0.25) is 0 Å². The molecule has 4 heteroatoms. The largest absolute Gasteiger partial charge is 0.346 e. The molecule has 0 saturated carbocycles. The van der Waals surface area contributed by atoms with Crippen molar-refractivity contribution in [2.75, 3.05) is 13.2 Å². The van der Waals surface area contributed by atoms with Gasteiger partial charge >= 0.3 is 0 Å². The lowest BCUT2D eigenvalue weighted by atomic mass is 9.99. The van der Waals surface area contributed by atoms with Crippen LogP contribution in [0.1, 0.15) is 24.8 Å². The van der Waals surface area contributed by atoms with Crippen LogP contribution in [-0.4, -0.2) is 22.8 Å². The smallest absolute Gasteiger partial charge is 0.194 e. The van der Waals surface area contributed by atoms with E-state index in [1.165, 1.54) is 0 Å². The fourth-order valence-electron chi connectivity index (χ4n) is 2.64. The van der Waals surface area contributed by atoms with E-state index in [0.29, 0.717) is 0 Å². The molecule has 0 aliphatic carbocycles. The number of imidazole rings is 1. The first kappa shape index (κ1) is 13.3. The van der Waals surface area contributed by atoms with Crippen molar-refractivity contribution in [1.82, 2.24) is 9.55 Å². The van der Waals surface area contributed by atoms with Crippen molar-refractivity contribution in [3.8, 4) is 0 Å². The molecule has 0 amide bonds. The Balaban J connectivity index is 1.69. The molecule has 3 rings (SSSR count). The van der Waals surface area contributed by atoms with Gasteiger partial charge in [-0.3, -0.25) is 0 Å². The molecule has 2 heterocycles. The highest BCUT2D eigenvalue weighted by Crippen LogP contribution is 2.35. The number of benzene rings is 1. The van der Waals surface area contributed by atoms with Crippen molar-refractivity contribution >= 4 is 0 Å². The summed E-state index contributed by atoms with van der Waals surface area (Å²) in [7, 11) is 0. The Morgan fingerprint density at radius 1 is 1.15 bits per heavy atom. The van der Waals surface area contributed by atoms with Crippen LogP contribution in [0.3, 0.4) is 0 Å². The Labute approximate surface area is 119 Å². The van der Waals surface area contributed by atoms with Gasteiger partial charge in [-0.15, -0.1) is 0 Å². The summed E-state index contributed by atoms with van der Waals surface area (Å²) in [6.07, 6.45) is 8.45. The van der Waals surface area contributed by atoms with Crippen LogP contribution < -0.4 is 0 Å². The number of nitrogens with zero attached hydrogens (tertiary/aromatic N) is 2. The topological polar surface area (TPSA) is 36.3 Å². The minimum atomic E-state index is -0.569. The summed E-state index contributed by atoms with van der Waals surface area (Å²) in [6.45, 7) is 2.46. The Morgan fingerprint density at radius 3 is 2.65 bits per heavy atom. The van der Waals surface area contributed by atoms with Crippen LogP contribution in [0.4, 0.5) is 0 Å². The van der Waals surface area contributed by atoms with Gasteiger partial charge in [-0.2, -0.15) is 0 Å². The molecule has 0 radical (unpaired) electrons. The van der Waals surface area contributed by atoms with E-state index in [2.05, 4.69) is 21.7 Å². The molecule has 106 valence electrons. The van der Waals surface area contributed by atoms with E-state index in [1.54, 1.807) is 6.20 Å². The van der Waals surface area contributed by atoms with Crippen molar-refractivity contribution in [2.45, 2.75) is 31.6 Å². The van der Waals surface area contributed by atoms with Crippen molar-refractivity contribution in [1.29, 1.82) is 0 Å². The lowest BCUT2D eigenvalue weighted by Crippen LogP contribution is -2.38. The molecule has 1 aromatic carbocycles. The van der Waals surface area contributed by atoms with Gasteiger partial charge in [-0.1, -0.05) is 30.3 Å². The highest BCUT2D eigenvalue weighted by atomic mass is 16.7. The molecule has 1 saturated heterocycles. The summed E-state index contributed by atoms with van der Waals surface area (Å²) >= 11 is 0. The Hall–Kier alpha value is -1.65. The predicted molar refractivity (Wildman–Crippen MR) is 76.1 cm³/mol. The van der Waals surface area contributed by atoms with Crippen LogP contribution >= 0.6 is 0 Å². The van der Waals surface area contributed by atoms with Crippen molar-refractivity contribution in [3.05, 3.63) is 54.6 Å². The second-order valence-electron chi connectivity index (χ2n) is 5.07. The molecular formula is C16H20N2O2. The van der Waals surface area contributed by atoms with Crippen LogP contribution in [0.25, 0.3) is 0 Å². The summed E-state index contributed by atoms with van der Waals surface area (Å²) in [6, 6.07) is 10.3. The quantitative estimate of drug-likeness (QED) is 0.839. The monoisotopic (exact) mass is 272 g/mol. The number of aromatic nitrogens is 2. The number of rotatable bonds is 5. The molecule has 0 unspecified atom stereocenters. The number of ether oxygens (including phenoxy) is 2. The first-order valence-corrected chi connectivity index (χ1v) is 7.18. The van der Waals surface area contributed by atoms with Gasteiger partial charge in [0, 0.05) is 30.9 Å². The van der Waals surface area contributed by atoms with Crippen LogP contribution in [0.5, 0.6) is 0 Å². The summed E-state index contributed by atoms with van der Waals surface area (Å²) in [5, 5.41) is 0.